The predicted molar refractivity (Wildman–Crippen MR) is 78.5 cm³/mol. The fraction of sp³-hybridized carbons (Fsp3) is 0.400. The van der Waals surface area contributed by atoms with Gasteiger partial charge >= 0.3 is 0 Å². The Morgan fingerprint density at radius 1 is 1.29 bits per heavy atom. The van der Waals surface area contributed by atoms with E-state index in [1.807, 2.05) is 30.3 Å². The van der Waals surface area contributed by atoms with Gasteiger partial charge in [0.15, 0.2) is 0 Å². The summed E-state index contributed by atoms with van der Waals surface area (Å²) in [5.41, 5.74) is 3.81. The Labute approximate surface area is 123 Å². The van der Waals surface area contributed by atoms with E-state index in [1.54, 1.807) is 0 Å². The van der Waals surface area contributed by atoms with Gasteiger partial charge in [-0.1, -0.05) is 30.3 Å². The number of ether oxygens (including phenoxy) is 1. The summed E-state index contributed by atoms with van der Waals surface area (Å²) in [7, 11) is 0. The van der Waals surface area contributed by atoms with Gasteiger partial charge in [-0.2, -0.15) is 5.10 Å². The zero-order valence-corrected chi connectivity index (χ0v) is 11.8. The highest BCUT2D eigenvalue weighted by atomic mass is 16.5. The number of benzene rings is 1. The molecule has 0 fully saturated rings. The van der Waals surface area contributed by atoms with Gasteiger partial charge in [0.1, 0.15) is 5.71 Å². The Balaban J connectivity index is 1.55. The first-order valence-corrected chi connectivity index (χ1v) is 7.01. The molecule has 0 unspecified atom stereocenters. The lowest BCUT2D eigenvalue weighted by Gasteiger charge is -2.12. The Hall–Kier alpha value is -2.21. The maximum Gasteiger partial charge on any atom is 0.267 e. The van der Waals surface area contributed by atoms with Gasteiger partial charge in [-0.25, -0.2) is 5.43 Å². The molecule has 1 heterocycles. The van der Waals surface area contributed by atoms with Gasteiger partial charge < -0.3 is 10.1 Å². The predicted octanol–water partition coefficient (Wildman–Crippen LogP) is 0.975. The summed E-state index contributed by atoms with van der Waals surface area (Å²) in [6.07, 6.45) is 1.44. The number of rotatable bonds is 7. The van der Waals surface area contributed by atoms with Crippen LogP contribution >= 0.6 is 0 Å². The SMILES string of the molecule is O=C1CCC(C(=O)NCCCOCc2ccccc2)=NN1. The summed E-state index contributed by atoms with van der Waals surface area (Å²) < 4.78 is 5.52. The highest BCUT2D eigenvalue weighted by Crippen LogP contribution is 2.01. The van der Waals surface area contributed by atoms with Gasteiger partial charge in [0.2, 0.25) is 5.91 Å². The summed E-state index contributed by atoms with van der Waals surface area (Å²) in [5.74, 6) is -0.376. The lowest BCUT2D eigenvalue weighted by atomic mass is 10.1. The number of nitrogens with zero attached hydrogens (tertiary/aromatic N) is 1. The first-order valence-electron chi connectivity index (χ1n) is 7.01. The minimum Gasteiger partial charge on any atom is -0.377 e. The van der Waals surface area contributed by atoms with E-state index in [0.717, 1.165) is 12.0 Å². The number of nitrogens with one attached hydrogen (secondary N) is 2. The molecule has 0 radical (unpaired) electrons. The normalized spacial score (nSPS) is 14.3. The third kappa shape index (κ3) is 5.35. The molecule has 6 nitrogen and oxygen atoms in total. The average Bonchev–Trinajstić information content (AvgIpc) is 2.52. The fourth-order valence-corrected chi connectivity index (χ4v) is 1.88. The molecule has 0 aromatic heterocycles. The summed E-state index contributed by atoms with van der Waals surface area (Å²) in [4.78, 5) is 22.6. The van der Waals surface area contributed by atoms with E-state index in [4.69, 9.17) is 4.74 Å². The Morgan fingerprint density at radius 2 is 2.10 bits per heavy atom. The van der Waals surface area contributed by atoms with Crippen molar-refractivity contribution in [2.24, 2.45) is 5.10 Å². The second-order valence-electron chi connectivity index (χ2n) is 4.74. The van der Waals surface area contributed by atoms with Gasteiger partial charge in [-0.05, 0) is 12.0 Å². The largest absolute Gasteiger partial charge is 0.377 e. The number of hydrogen-bond donors (Lipinski definition) is 2. The molecule has 0 saturated carbocycles. The van der Waals surface area contributed by atoms with E-state index in [2.05, 4.69) is 15.8 Å². The molecule has 0 atom stereocenters. The van der Waals surface area contributed by atoms with E-state index < -0.39 is 0 Å². The monoisotopic (exact) mass is 289 g/mol. The number of carbonyl (C=O) groups is 2. The van der Waals surface area contributed by atoms with Gasteiger partial charge in [-0.15, -0.1) is 0 Å². The number of amides is 2. The topological polar surface area (TPSA) is 79.8 Å². The third-order valence-electron chi connectivity index (χ3n) is 3.03. The molecule has 1 aromatic carbocycles. The van der Waals surface area contributed by atoms with Crippen molar-refractivity contribution in [1.29, 1.82) is 0 Å². The summed E-state index contributed by atoms with van der Waals surface area (Å²) in [5, 5.41) is 6.50. The van der Waals surface area contributed by atoms with Crippen molar-refractivity contribution in [2.45, 2.75) is 25.9 Å². The smallest absolute Gasteiger partial charge is 0.267 e. The van der Waals surface area contributed by atoms with Crippen LogP contribution in [0.1, 0.15) is 24.8 Å². The number of hydrazone groups is 1. The standard InChI is InChI=1S/C15H19N3O3/c19-14-8-7-13(17-18-14)15(20)16-9-4-10-21-11-12-5-2-1-3-6-12/h1-3,5-6H,4,7-11H2,(H,16,20)(H,18,19). The second kappa shape index (κ2) is 8.16. The lowest BCUT2D eigenvalue weighted by Crippen LogP contribution is -2.37. The molecule has 1 aromatic rings. The van der Waals surface area contributed by atoms with Crippen LogP contribution in [-0.4, -0.2) is 30.7 Å². The molecule has 0 aliphatic carbocycles. The van der Waals surface area contributed by atoms with Gasteiger partial charge in [0.25, 0.3) is 5.91 Å². The van der Waals surface area contributed by atoms with Crippen LogP contribution in [0.25, 0.3) is 0 Å². The Kier molecular flexibility index (Phi) is 5.90. The van der Waals surface area contributed by atoms with Crippen LogP contribution in [0, 0.1) is 0 Å². The quantitative estimate of drug-likeness (QED) is 0.734. The van der Waals surface area contributed by atoms with Crippen LogP contribution < -0.4 is 10.7 Å². The molecular weight excluding hydrogens is 270 g/mol. The molecule has 6 heteroatoms. The number of carbonyl (C=O) groups excluding carboxylic acids is 2. The molecule has 0 spiro atoms. The minimum atomic E-state index is -0.224. The molecule has 1 aliphatic heterocycles. The first-order chi connectivity index (χ1) is 10.3. The summed E-state index contributed by atoms with van der Waals surface area (Å²) in [6.45, 7) is 1.69. The van der Waals surface area contributed by atoms with Gasteiger partial charge in [-0.3, -0.25) is 9.59 Å². The van der Waals surface area contributed by atoms with Crippen LogP contribution in [0.4, 0.5) is 0 Å². The third-order valence-corrected chi connectivity index (χ3v) is 3.03. The lowest BCUT2D eigenvalue weighted by molar-refractivity contribution is -0.121. The van der Waals surface area contributed by atoms with Crippen LogP contribution in [0.3, 0.4) is 0 Å². The van der Waals surface area contributed by atoms with Crippen molar-refractivity contribution in [3.8, 4) is 0 Å². The average molecular weight is 289 g/mol. The molecule has 0 saturated heterocycles. The fourth-order valence-electron chi connectivity index (χ4n) is 1.88. The molecule has 21 heavy (non-hydrogen) atoms. The zero-order chi connectivity index (χ0) is 14.9. The summed E-state index contributed by atoms with van der Waals surface area (Å²) >= 11 is 0. The van der Waals surface area contributed by atoms with Crippen LogP contribution in [0.15, 0.2) is 35.4 Å². The molecule has 112 valence electrons. The van der Waals surface area contributed by atoms with Crippen LogP contribution in [0.5, 0.6) is 0 Å². The molecule has 0 bridgehead atoms. The second-order valence-corrected chi connectivity index (χ2v) is 4.74. The van der Waals surface area contributed by atoms with Crippen molar-refractivity contribution in [3.63, 3.8) is 0 Å². The first kappa shape index (κ1) is 15.2. The number of hydrogen-bond acceptors (Lipinski definition) is 4. The summed E-state index contributed by atoms with van der Waals surface area (Å²) in [6, 6.07) is 9.94. The van der Waals surface area contributed by atoms with Crippen LogP contribution in [0.2, 0.25) is 0 Å². The van der Waals surface area contributed by atoms with E-state index >= 15 is 0 Å². The van der Waals surface area contributed by atoms with E-state index in [0.29, 0.717) is 38.3 Å². The highest BCUT2D eigenvalue weighted by molar-refractivity contribution is 6.39. The van der Waals surface area contributed by atoms with Crippen molar-refractivity contribution in [1.82, 2.24) is 10.7 Å². The Morgan fingerprint density at radius 3 is 2.81 bits per heavy atom. The zero-order valence-electron chi connectivity index (χ0n) is 11.8. The molecule has 2 rings (SSSR count). The van der Waals surface area contributed by atoms with Crippen molar-refractivity contribution in [3.05, 3.63) is 35.9 Å². The Bertz CT molecular complexity index is 514. The molecular formula is C15H19N3O3. The maximum absolute atomic E-state index is 11.7. The molecule has 2 N–H and O–H groups in total. The van der Waals surface area contributed by atoms with E-state index in [-0.39, 0.29) is 11.8 Å². The minimum absolute atomic E-state index is 0.152. The van der Waals surface area contributed by atoms with E-state index in [1.165, 1.54) is 0 Å². The van der Waals surface area contributed by atoms with Crippen molar-refractivity contribution < 1.29 is 14.3 Å². The van der Waals surface area contributed by atoms with Gasteiger partial charge in [0, 0.05) is 26.0 Å². The molecule has 2 amide bonds. The van der Waals surface area contributed by atoms with Crippen molar-refractivity contribution >= 4 is 17.5 Å². The molecule has 1 aliphatic rings. The highest BCUT2D eigenvalue weighted by Gasteiger charge is 2.17. The van der Waals surface area contributed by atoms with Crippen molar-refractivity contribution in [2.75, 3.05) is 13.2 Å². The maximum atomic E-state index is 11.7. The van der Waals surface area contributed by atoms with Crippen LogP contribution in [-0.2, 0) is 20.9 Å². The van der Waals surface area contributed by atoms with Gasteiger partial charge in [0.05, 0.1) is 6.61 Å². The van der Waals surface area contributed by atoms with E-state index in [9.17, 15) is 9.59 Å².